The zero-order chi connectivity index (χ0) is 89.9. The van der Waals surface area contributed by atoms with Crippen molar-refractivity contribution < 1.29 is 0 Å². The Hall–Kier alpha value is -21.9. The van der Waals surface area contributed by atoms with Crippen LogP contribution < -0.4 is 21.8 Å². The highest BCUT2D eigenvalue weighted by Gasteiger charge is 2.26. The molecule has 1 aliphatic rings. The maximum absolute atomic E-state index is 6.50. The van der Waals surface area contributed by atoms with Crippen molar-refractivity contribution in [1.82, 2.24) is 29.4 Å². The van der Waals surface area contributed by atoms with Crippen molar-refractivity contribution in [3.63, 3.8) is 0 Å². The first kappa shape index (κ1) is 95.7. The van der Waals surface area contributed by atoms with Crippen molar-refractivity contribution >= 4 is 33.9 Å². The van der Waals surface area contributed by atoms with Gasteiger partial charge in [-0.1, -0.05) is 23.4 Å². The standard InChI is InChI=1S/C31H35N9.H3N87/c1-20-18-26(39(4)17-16-38(2)3)23(32)19-25(20)37-31-35-14-11-24(36-31)27-22-10-5-8-21-9-6-15-40(28(21)22)29(27)30-33-12-7-13-34-30;1-3-5-7-9-11-13-15-17-19-21-23-25-27-29-31-33-35-37-39-41-43-45-47-49-51-53-55-57-59-61-63-65-67-69-71-73-75-77-79-81-83-85-87-86-84-82-80-78-76-74-72-70-68-66-64-62-60-58-56-54-52-50-48-46-44-42-40-38-36-34-32-30-28-26-24-22-20-18-16-14-12-10-8-6-4-2/h5,7-8,10-14,18-19H,6,9,15-17,32H2,1-4H3,(H,35,36,37);(H3,1,2,5,6,9,10,13,14,17,18,21,22,25,26,29,30,33,34,37,38,41,42,45,46,49,50,53,54,57,58,61,62,65,66,69,70,73,74,77,78,81,82,85,86). The normalized spacial score (nSPS) is 14.7. The Morgan fingerprint density at radius 3 is 0.953 bits per heavy atom. The number of para-hydroxylation sites is 1. The highest BCUT2D eigenvalue weighted by atomic mass is 15.8. The van der Waals surface area contributed by atoms with Crippen LogP contribution in [0.15, 0.2) is 505 Å². The summed E-state index contributed by atoms with van der Waals surface area (Å²) >= 11 is 0. The topological polar surface area (TPSA) is 1200 Å². The minimum atomic E-state index is 0.514. The van der Waals surface area contributed by atoms with Crippen molar-refractivity contribution in [2.75, 3.05) is 50.2 Å². The number of nitrogens with two attached hydrogens (primary N) is 2. The second kappa shape index (κ2) is 67.4. The molecule has 0 atom stereocenters. The Bertz CT molecular complexity index is 5510. The number of anilines is 4. The van der Waals surface area contributed by atoms with Crippen molar-refractivity contribution in [1.29, 1.82) is 5.53 Å². The molecule has 0 amide bonds. The average Bonchev–Trinajstić information content (AvgIpc) is 1.58. The van der Waals surface area contributed by atoms with Gasteiger partial charge >= 0.3 is 0 Å². The fourth-order valence-electron chi connectivity index (χ4n) is 7.07. The molecule has 0 radical (unpaired) electrons. The number of aromatic nitrogens is 5. The molecule has 3 aromatic heterocycles. The predicted molar refractivity (Wildman–Crippen MR) is 376 cm³/mol. The number of hydrogen-bond acceptors (Lipinski definition) is 10. The summed E-state index contributed by atoms with van der Waals surface area (Å²) in [6.07, 6.45) is 7.53. The number of nitrogens with one attached hydrogen (secondary N) is 2. The molecule has 5 aromatic rings. The Morgan fingerprint density at radius 2 is 0.661 bits per heavy atom. The molecule has 4 heterocycles. The molecule has 6 rings (SSSR count). The van der Waals surface area contributed by atoms with Crippen LogP contribution in [0, 0.1) is 12.5 Å². The lowest BCUT2D eigenvalue weighted by Crippen LogP contribution is -2.29. The van der Waals surface area contributed by atoms with E-state index in [9.17, 15) is 0 Å². The smallest absolute Gasteiger partial charge is 0.227 e. The van der Waals surface area contributed by atoms with Crippen LogP contribution in [0.1, 0.15) is 17.5 Å². The van der Waals surface area contributed by atoms with Crippen LogP contribution in [0.4, 0.5) is 23.0 Å². The minimum absolute atomic E-state index is 0.514. The Morgan fingerprint density at radius 1 is 0.362 bits per heavy atom. The van der Waals surface area contributed by atoms with E-state index >= 15 is 0 Å². The highest BCUT2D eigenvalue weighted by molar-refractivity contribution is 6.04. The summed E-state index contributed by atoms with van der Waals surface area (Å²) in [6.45, 7) is 4.83. The molecule has 0 bridgehead atoms. The zero-order valence-electron chi connectivity index (χ0n) is 62.6. The Balaban J connectivity index is 0.000000582. The second-order valence-corrected chi connectivity index (χ2v) is 18.3. The third kappa shape index (κ3) is 46.3. The molecule has 6 N–H and O–H groups in total. The first-order chi connectivity index (χ1) is 62.8. The SMILES string of the molecule is Cc1cc(N(C)CCN(C)C)c(N)cc1Nc1nccc(-c2c(-c3ncccn3)n3c4c(cccc24)CCC3)n1.N=N/N=N/N=N/N=N/N=N/N=N/N=N/N=N/N=N/N=N/N=N/N=N/N=N/N=N/N=N/N=N/N=N/N=N/N=N/N=N/N=N/N=N/N=N/N=N/N=N/N=N/N=N/N=N/N=N/N=N/N=N/N=N/N=N/N=N/N=N/N=N/N=N/N=N/N=N/N=N/N=N/N=N/N=N/N. The van der Waals surface area contributed by atoms with Gasteiger partial charge in [0, 0.05) is 422 Å². The summed E-state index contributed by atoms with van der Waals surface area (Å²) in [5.41, 5.74) is 21.9. The number of nitrogen functional groups attached to an aromatic ring is 1. The van der Waals surface area contributed by atoms with Crippen molar-refractivity contribution in [2.45, 2.75) is 26.3 Å². The molecule has 0 spiro atoms. The number of benzene rings is 2. The van der Waals surface area contributed by atoms with Crippen LogP contribution >= 0.6 is 0 Å². The van der Waals surface area contributed by atoms with Crippen molar-refractivity contribution in [2.24, 2.45) is 450 Å². The molecule has 0 saturated carbocycles. The molecule has 96 heteroatoms. The molecule has 2 aromatic carbocycles. The fourth-order valence-corrected chi connectivity index (χ4v) is 7.07. The van der Waals surface area contributed by atoms with E-state index in [0.29, 0.717) is 17.5 Å². The Kier molecular flexibility index (Phi) is 50.8. The summed E-state index contributed by atoms with van der Waals surface area (Å²) in [5, 5.41) is 258. The maximum atomic E-state index is 6.50. The number of rotatable bonds is 50. The molecular formula is C31H38N96. The number of likely N-dealkylation sites (N-methyl/N-ethyl adjacent to an activating group) is 2. The van der Waals surface area contributed by atoms with Gasteiger partial charge in [0.05, 0.1) is 28.3 Å². The highest BCUT2D eigenvalue weighted by Crippen LogP contribution is 2.43. The summed E-state index contributed by atoms with van der Waals surface area (Å²) in [6, 6.07) is 14.4. The van der Waals surface area contributed by atoms with E-state index in [2.05, 4.69) is 537 Å². The summed E-state index contributed by atoms with van der Waals surface area (Å²) < 4.78 is 2.37. The molecule has 0 aliphatic carbocycles. The van der Waals surface area contributed by atoms with E-state index in [1.165, 1.54) is 11.1 Å². The van der Waals surface area contributed by atoms with E-state index in [0.717, 1.165) is 71.8 Å². The van der Waals surface area contributed by atoms with E-state index in [4.69, 9.17) is 16.2 Å². The van der Waals surface area contributed by atoms with Crippen LogP contribution in [0.25, 0.3) is 33.7 Å². The van der Waals surface area contributed by atoms with Gasteiger partial charge in [0.1, 0.15) is 0 Å². The first-order valence-corrected chi connectivity index (χ1v) is 31.0. The minimum Gasteiger partial charge on any atom is -0.397 e. The Labute approximate surface area is 688 Å². The third-order valence-electron chi connectivity index (χ3n) is 11.0. The average molecular weight is 1760 g/mol. The van der Waals surface area contributed by atoms with E-state index in [-0.39, 0.29) is 0 Å². The van der Waals surface area contributed by atoms with E-state index in [1.807, 2.05) is 18.2 Å². The molecule has 0 unspecified atom stereocenters. The maximum Gasteiger partial charge on any atom is 0.227 e. The van der Waals surface area contributed by atoms with E-state index < -0.39 is 0 Å². The second-order valence-electron chi connectivity index (χ2n) is 18.3. The molecule has 1 aliphatic heterocycles. The van der Waals surface area contributed by atoms with Gasteiger partial charge in [0.15, 0.2) is 5.82 Å². The molecule has 642 valence electrons. The van der Waals surface area contributed by atoms with Crippen LogP contribution in [0.3, 0.4) is 0 Å². The lowest BCUT2D eigenvalue weighted by Gasteiger charge is -2.24. The van der Waals surface area contributed by atoms with Crippen LogP contribution in [0.2, 0.25) is 0 Å². The molecule has 96 nitrogen and oxygen atoms in total. The quantitative estimate of drug-likeness (QED) is 0.0124. The van der Waals surface area contributed by atoms with Crippen LogP contribution in [0.5, 0.6) is 0 Å². The first-order valence-electron chi connectivity index (χ1n) is 31.0. The van der Waals surface area contributed by atoms with Gasteiger partial charge in [-0.25, -0.2) is 19.9 Å². The number of nitrogens with zero attached hydrogens (tertiary/aromatic N) is 92. The van der Waals surface area contributed by atoms with Gasteiger partial charge in [-0.05, 0) is 148 Å². The summed E-state index contributed by atoms with van der Waals surface area (Å²) in [7, 11) is 6.22. The number of aryl methyl sites for hydroxylation is 3. The van der Waals surface area contributed by atoms with Gasteiger partial charge in [0.2, 0.25) is 5.95 Å². The van der Waals surface area contributed by atoms with Gasteiger partial charge in [-0.2, -0.15) is 5.53 Å². The third-order valence-corrected chi connectivity index (χ3v) is 11.0. The fraction of sp³-hybridized carbons (Fsp3) is 0.290. The van der Waals surface area contributed by atoms with Gasteiger partial charge in [-0.15, -0.1) is 0 Å². The number of hydrogen-bond donors (Lipinski definition) is 4. The largest absolute Gasteiger partial charge is 0.397 e. The van der Waals surface area contributed by atoms with Crippen molar-refractivity contribution in [3.05, 3.63) is 72.2 Å². The summed E-state index contributed by atoms with van der Waals surface area (Å²) in [4.78, 5) is 23.2. The molecule has 0 saturated heterocycles. The van der Waals surface area contributed by atoms with E-state index in [1.54, 1.807) is 18.6 Å². The summed E-state index contributed by atoms with van der Waals surface area (Å²) in [5.74, 6) is 5.85. The molecular weight excluding hydrogens is 1720 g/mol. The monoisotopic (exact) mass is 1750 g/mol. The zero-order valence-corrected chi connectivity index (χ0v) is 62.6. The predicted octanol–water partition coefficient (Wildman–Crippen LogP) is 20.4. The van der Waals surface area contributed by atoms with Gasteiger partial charge < -0.3 is 31.3 Å². The lowest BCUT2D eigenvalue weighted by atomic mass is 10.0. The van der Waals surface area contributed by atoms with Gasteiger partial charge in [-0.3, -0.25) is 0 Å². The molecule has 127 heavy (non-hydrogen) atoms. The van der Waals surface area contributed by atoms with Crippen LogP contribution in [-0.4, -0.2) is 63.6 Å². The van der Waals surface area contributed by atoms with Crippen molar-refractivity contribution in [3.8, 4) is 22.8 Å². The van der Waals surface area contributed by atoms with Crippen LogP contribution in [-0.2, 0) is 13.0 Å². The van der Waals surface area contributed by atoms with Gasteiger partial charge in [0.25, 0.3) is 0 Å². The molecule has 0 fully saturated rings. The lowest BCUT2D eigenvalue weighted by molar-refractivity contribution is 0.416.